The number of hydroxylamine groups is 1. The van der Waals surface area contributed by atoms with Crippen molar-refractivity contribution in [3.63, 3.8) is 0 Å². The fourth-order valence-corrected chi connectivity index (χ4v) is 2.73. The fourth-order valence-electron chi connectivity index (χ4n) is 2.73. The second-order valence-corrected chi connectivity index (χ2v) is 6.48. The quantitative estimate of drug-likeness (QED) is 0.307. The van der Waals surface area contributed by atoms with Crippen molar-refractivity contribution in [2.24, 2.45) is 0 Å². The fraction of sp³-hybridized carbons (Fsp3) is 0.333. The molecule has 6 heteroatoms. The summed E-state index contributed by atoms with van der Waals surface area (Å²) in [5, 5.41) is 10.6. The molecule has 2 rings (SSSR count). The number of amides is 2. The van der Waals surface area contributed by atoms with E-state index in [0.717, 1.165) is 22.9 Å². The Morgan fingerprint density at radius 3 is 2.59 bits per heavy atom. The zero-order chi connectivity index (χ0) is 19.6. The molecule has 6 nitrogen and oxygen atoms in total. The molecule has 144 valence electrons. The van der Waals surface area contributed by atoms with Crippen molar-refractivity contribution in [1.82, 2.24) is 10.4 Å². The maximum atomic E-state index is 12.4. The number of unbranched alkanes of at least 4 members (excludes halogenated alkanes) is 2. The van der Waals surface area contributed by atoms with Crippen LogP contribution in [0.5, 0.6) is 5.75 Å². The summed E-state index contributed by atoms with van der Waals surface area (Å²) in [5.74, 6) is 0.247. The van der Waals surface area contributed by atoms with E-state index in [1.807, 2.05) is 48.5 Å². The summed E-state index contributed by atoms with van der Waals surface area (Å²) in [6.07, 6.45) is 4.16. The van der Waals surface area contributed by atoms with Gasteiger partial charge in [-0.1, -0.05) is 42.5 Å². The van der Waals surface area contributed by atoms with Crippen LogP contribution < -0.4 is 10.2 Å². The minimum atomic E-state index is -0.400. The van der Waals surface area contributed by atoms with Gasteiger partial charge in [-0.15, -0.1) is 0 Å². The van der Waals surface area contributed by atoms with Crippen LogP contribution in [0.3, 0.4) is 0 Å². The van der Waals surface area contributed by atoms with Gasteiger partial charge in [-0.05, 0) is 30.7 Å². The smallest absolute Gasteiger partial charge is 0.252 e. The van der Waals surface area contributed by atoms with Crippen molar-refractivity contribution >= 4 is 22.6 Å². The summed E-state index contributed by atoms with van der Waals surface area (Å²) in [7, 11) is 3.42. The number of nitrogens with one attached hydrogen (secondary N) is 1. The van der Waals surface area contributed by atoms with Crippen LogP contribution >= 0.6 is 0 Å². The van der Waals surface area contributed by atoms with Crippen LogP contribution in [-0.2, 0) is 9.59 Å². The van der Waals surface area contributed by atoms with Crippen molar-refractivity contribution in [1.29, 1.82) is 0 Å². The lowest BCUT2D eigenvalue weighted by atomic mass is 10.1. The Morgan fingerprint density at radius 1 is 1.11 bits per heavy atom. The van der Waals surface area contributed by atoms with Gasteiger partial charge in [-0.2, -0.15) is 0 Å². The highest BCUT2D eigenvalue weighted by Crippen LogP contribution is 2.25. The lowest BCUT2D eigenvalue weighted by molar-refractivity contribution is -0.129. The van der Waals surface area contributed by atoms with Gasteiger partial charge in [0.05, 0.1) is 5.57 Å². The second kappa shape index (κ2) is 10.3. The van der Waals surface area contributed by atoms with Gasteiger partial charge in [0.25, 0.3) is 5.91 Å². The topological polar surface area (TPSA) is 78.9 Å². The number of likely N-dealkylation sites (N-methyl/N-ethyl adjacent to an activating group) is 1. The molecule has 2 aromatic rings. The van der Waals surface area contributed by atoms with Gasteiger partial charge in [-0.3, -0.25) is 14.8 Å². The van der Waals surface area contributed by atoms with Crippen molar-refractivity contribution in [2.75, 3.05) is 20.7 Å². The number of nitrogens with zero attached hydrogens (tertiary/aromatic N) is 1. The summed E-state index contributed by atoms with van der Waals surface area (Å²) in [6, 6.07) is 13.8. The summed E-state index contributed by atoms with van der Waals surface area (Å²) in [6.45, 7) is 0.183. The summed E-state index contributed by atoms with van der Waals surface area (Å²) >= 11 is 0. The first kappa shape index (κ1) is 20.5. The van der Waals surface area contributed by atoms with Gasteiger partial charge in [0.1, 0.15) is 12.4 Å². The Kier molecular flexibility index (Phi) is 7.82. The minimum absolute atomic E-state index is 0.0941. The van der Waals surface area contributed by atoms with Crippen LogP contribution in [0.2, 0.25) is 0 Å². The monoisotopic (exact) mass is 370 g/mol. The van der Waals surface area contributed by atoms with Crippen LogP contribution in [0.25, 0.3) is 10.8 Å². The normalized spacial score (nSPS) is 11.3. The highest BCUT2D eigenvalue weighted by molar-refractivity contribution is 5.93. The van der Waals surface area contributed by atoms with E-state index < -0.39 is 5.91 Å². The number of rotatable bonds is 9. The van der Waals surface area contributed by atoms with E-state index in [0.29, 0.717) is 18.4 Å². The molecule has 2 N–H and O–H groups in total. The third-order valence-corrected chi connectivity index (χ3v) is 4.19. The SMILES string of the molecule is CN(C)C(=O)/C(=C/CCCCC(=O)NO)COc1cccc2ccccc12. The van der Waals surface area contributed by atoms with Crippen LogP contribution in [0, 0.1) is 0 Å². The number of hydrogen-bond acceptors (Lipinski definition) is 4. The summed E-state index contributed by atoms with van der Waals surface area (Å²) in [4.78, 5) is 25.0. The molecular formula is C21H26N2O4. The molecule has 0 fully saturated rings. The van der Waals surface area contributed by atoms with Crippen molar-refractivity contribution < 1.29 is 19.5 Å². The Labute approximate surface area is 159 Å². The average Bonchev–Trinajstić information content (AvgIpc) is 2.69. The summed E-state index contributed by atoms with van der Waals surface area (Å²) in [5.41, 5.74) is 2.20. The highest BCUT2D eigenvalue weighted by atomic mass is 16.5. The number of carbonyl (C=O) groups is 2. The van der Waals surface area contributed by atoms with E-state index in [1.165, 1.54) is 4.90 Å². The first-order valence-corrected chi connectivity index (χ1v) is 8.97. The molecule has 0 atom stereocenters. The van der Waals surface area contributed by atoms with E-state index in [4.69, 9.17) is 9.94 Å². The number of hydrogen-bond donors (Lipinski definition) is 2. The van der Waals surface area contributed by atoms with E-state index in [1.54, 1.807) is 19.6 Å². The molecule has 27 heavy (non-hydrogen) atoms. The number of ether oxygens (including phenoxy) is 1. The van der Waals surface area contributed by atoms with Gasteiger partial charge in [0.15, 0.2) is 0 Å². The van der Waals surface area contributed by atoms with Gasteiger partial charge in [-0.25, -0.2) is 5.48 Å². The first-order valence-electron chi connectivity index (χ1n) is 8.97. The van der Waals surface area contributed by atoms with E-state index in [2.05, 4.69) is 0 Å². The van der Waals surface area contributed by atoms with E-state index in [-0.39, 0.29) is 18.9 Å². The van der Waals surface area contributed by atoms with Crippen LogP contribution in [0.4, 0.5) is 0 Å². The number of benzene rings is 2. The standard InChI is InChI=1S/C21H26N2O4/c1-23(2)21(25)17(10-4-3-5-14-20(24)22-26)15-27-19-13-8-11-16-9-6-7-12-18(16)19/h6-13,26H,3-5,14-15H2,1-2H3,(H,22,24)/b17-10+. The third kappa shape index (κ3) is 6.11. The zero-order valence-electron chi connectivity index (χ0n) is 15.8. The molecule has 0 radical (unpaired) electrons. The van der Waals surface area contributed by atoms with Gasteiger partial charge in [0, 0.05) is 25.9 Å². The van der Waals surface area contributed by atoms with Crippen LogP contribution in [0.1, 0.15) is 25.7 Å². The molecule has 0 aromatic heterocycles. The number of fused-ring (bicyclic) bond motifs is 1. The second-order valence-electron chi connectivity index (χ2n) is 6.48. The Hall–Kier alpha value is -2.86. The maximum Gasteiger partial charge on any atom is 0.252 e. The molecule has 0 unspecified atom stereocenters. The van der Waals surface area contributed by atoms with Crippen LogP contribution in [-0.4, -0.2) is 42.6 Å². The zero-order valence-corrected chi connectivity index (χ0v) is 15.8. The third-order valence-electron chi connectivity index (χ3n) is 4.19. The lowest BCUT2D eigenvalue weighted by Crippen LogP contribution is -2.26. The van der Waals surface area contributed by atoms with Gasteiger partial charge in [0.2, 0.25) is 5.91 Å². The molecule has 0 bridgehead atoms. The molecule has 0 spiro atoms. The molecule has 0 aliphatic carbocycles. The molecule has 2 aromatic carbocycles. The van der Waals surface area contributed by atoms with Crippen molar-refractivity contribution in [2.45, 2.75) is 25.7 Å². The molecule has 2 amide bonds. The lowest BCUT2D eigenvalue weighted by Gasteiger charge is -2.15. The number of allylic oxidation sites excluding steroid dienone is 1. The van der Waals surface area contributed by atoms with Crippen molar-refractivity contribution in [3.05, 3.63) is 54.1 Å². The molecule has 0 saturated carbocycles. The van der Waals surface area contributed by atoms with Gasteiger partial charge >= 0.3 is 0 Å². The Bertz CT molecular complexity index is 809. The van der Waals surface area contributed by atoms with E-state index >= 15 is 0 Å². The largest absolute Gasteiger partial charge is 0.488 e. The van der Waals surface area contributed by atoms with Gasteiger partial charge < -0.3 is 9.64 Å². The highest BCUT2D eigenvalue weighted by Gasteiger charge is 2.13. The molecular weight excluding hydrogens is 344 g/mol. The van der Waals surface area contributed by atoms with Crippen molar-refractivity contribution in [3.8, 4) is 5.75 Å². The Morgan fingerprint density at radius 2 is 1.85 bits per heavy atom. The van der Waals surface area contributed by atoms with Crippen LogP contribution in [0.15, 0.2) is 54.1 Å². The first-order chi connectivity index (χ1) is 13.0. The molecule has 0 aliphatic heterocycles. The molecule has 0 saturated heterocycles. The maximum absolute atomic E-state index is 12.4. The average molecular weight is 370 g/mol. The predicted molar refractivity (Wildman–Crippen MR) is 105 cm³/mol. The Balaban J connectivity index is 2.02. The molecule has 0 heterocycles. The minimum Gasteiger partial charge on any atom is -0.488 e. The molecule has 0 aliphatic rings. The van der Waals surface area contributed by atoms with E-state index in [9.17, 15) is 9.59 Å². The predicted octanol–water partition coefficient (Wildman–Crippen LogP) is 3.30. The number of carbonyl (C=O) groups excluding carboxylic acids is 2. The summed E-state index contributed by atoms with van der Waals surface area (Å²) < 4.78 is 5.95.